The van der Waals surface area contributed by atoms with E-state index < -0.39 is 0 Å². The number of hydrogen-bond acceptors (Lipinski definition) is 3. The van der Waals surface area contributed by atoms with Gasteiger partial charge in [0.15, 0.2) is 0 Å². The molecule has 2 atom stereocenters. The van der Waals surface area contributed by atoms with Crippen LogP contribution in [0, 0.1) is 5.92 Å². The molecule has 0 N–H and O–H groups in total. The summed E-state index contributed by atoms with van der Waals surface area (Å²) >= 11 is 0. The third-order valence-corrected chi connectivity index (χ3v) is 5.53. The van der Waals surface area contributed by atoms with Crippen molar-refractivity contribution in [2.45, 2.75) is 63.8 Å². The van der Waals surface area contributed by atoms with Crippen LogP contribution in [0.3, 0.4) is 0 Å². The van der Waals surface area contributed by atoms with Crippen molar-refractivity contribution in [2.24, 2.45) is 5.92 Å². The van der Waals surface area contributed by atoms with Crippen molar-refractivity contribution < 1.29 is 9.59 Å². The second kappa shape index (κ2) is 6.91. The lowest BCUT2D eigenvalue weighted by molar-refractivity contribution is -0.135. The van der Waals surface area contributed by atoms with Gasteiger partial charge in [0.1, 0.15) is 5.78 Å². The van der Waals surface area contributed by atoms with Crippen LogP contribution in [0.1, 0.15) is 57.8 Å². The Labute approximate surface area is 127 Å². The molecule has 1 saturated carbocycles. The predicted octanol–water partition coefficient (Wildman–Crippen LogP) is 2.22. The smallest absolute Gasteiger partial charge is 0.236 e. The number of ketones is 1. The van der Waals surface area contributed by atoms with Crippen molar-refractivity contribution in [1.29, 1.82) is 0 Å². The second-order valence-corrected chi connectivity index (χ2v) is 6.94. The van der Waals surface area contributed by atoms with Crippen LogP contribution in [0.25, 0.3) is 0 Å². The van der Waals surface area contributed by atoms with E-state index in [1.807, 2.05) is 4.90 Å². The van der Waals surface area contributed by atoms with Gasteiger partial charge >= 0.3 is 0 Å². The molecule has 3 aliphatic rings. The predicted molar refractivity (Wildman–Crippen MR) is 82.0 cm³/mol. The zero-order chi connectivity index (χ0) is 14.7. The Bertz CT molecular complexity index is 390. The largest absolute Gasteiger partial charge is 0.342 e. The standard InChI is InChI=1S/C17H28N2O2/c20-16-9-2-1-7-14(16)15-8-3-4-12-19(15)13-17(21)18-10-5-6-11-18/h14-15H,1-13H2. The Balaban J connectivity index is 1.63. The second-order valence-electron chi connectivity index (χ2n) is 6.94. The van der Waals surface area contributed by atoms with Gasteiger partial charge in [-0.3, -0.25) is 14.5 Å². The summed E-state index contributed by atoms with van der Waals surface area (Å²) in [5, 5.41) is 0. The fourth-order valence-electron chi connectivity index (χ4n) is 4.33. The fourth-order valence-corrected chi connectivity index (χ4v) is 4.33. The zero-order valence-electron chi connectivity index (χ0n) is 13.1. The molecule has 1 amide bonds. The van der Waals surface area contributed by atoms with E-state index in [2.05, 4.69) is 4.90 Å². The number of carbonyl (C=O) groups excluding carboxylic acids is 2. The molecule has 4 nitrogen and oxygen atoms in total. The summed E-state index contributed by atoms with van der Waals surface area (Å²) in [6.07, 6.45) is 9.83. The molecule has 3 fully saturated rings. The third-order valence-electron chi connectivity index (χ3n) is 5.53. The molecule has 0 aromatic rings. The van der Waals surface area contributed by atoms with Crippen LogP contribution in [0.2, 0.25) is 0 Å². The minimum atomic E-state index is 0.199. The molecule has 0 aromatic carbocycles. The molecular formula is C17H28N2O2. The molecule has 3 rings (SSSR count). The van der Waals surface area contributed by atoms with Crippen LogP contribution in [-0.2, 0) is 9.59 Å². The average Bonchev–Trinajstić information content (AvgIpc) is 3.03. The van der Waals surface area contributed by atoms with Crippen LogP contribution in [0.15, 0.2) is 0 Å². The summed E-state index contributed by atoms with van der Waals surface area (Å²) in [6.45, 7) is 3.39. The van der Waals surface area contributed by atoms with Crippen molar-refractivity contribution in [3.63, 3.8) is 0 Å². The Morgan fingerprint density at radius 1 is 0.952 bits per heavy atom. The lowest BCUT2D eigenvalue weighted by Gasteiger charge is -2.41. The number of carbonyl (C=O) groups is 2. The number of likely N-dealkylation sites (tertiary alicyclic amines) is 2. The van der Waals surface area contributed by atoms with Crippen molar-refractivity contribution in [2.75, 3.05) is 26.2 Å². The van der Waals surface area contributed by atoms with Gasteiger partial charge in [0.25, 0.3) is 0 Å². The summed E-state index contributed by atoms with van der Waals surface area (Å²) in [6, 6.07) is 0.332. The first-order chi connectivity index (χ1) is 10.3. The van der Waals surface area contributed by atoms with Crippen LogP contribution in [-0.4, -0.2) is 53.7 Å². The lowest BCUT2D eigenvalue weighted by Crippen LogP contribution is -2.51. The Morgan fingerprint density at radius 2 is 1.67 bits per heavy atom. The van der Waals surface area contributed by atoms with E-state index in [9.17, 15) is 9.59 Å². The van der Waals surface area contributed by atoms with E-state index in [0.717, 1.165) is 58.2 Å². The number of nitrogens with zero attached hydrogens (tertiary/aromatic N) is 2. The summed E-state index contributed by atoms with van der Waals surface area (Å²) in [5.41, 5.74) is 0. The SMILES string of the molecule is O=C1CCCCC1C1CCCCN1CC(=O)N1CCCC1. The van der Waals surface area contributed by atoms with Gasteiger partial charge in [-0.25, -0.2) is 0 Å². The fraction of sp³-hybridized carbons (Fsp3) is 0.882. The zero-order valence-corrected chi connectivity index (χ0v) is 13.1. The van der Waals surface area contributed by atoms with Gasteiger partial charge in [-0.05, 0) is 45.1 Å². The highest BCUT2D eigenvalue weighted by molar-refractivity contribution is 5.82. The maximum absolute atomic E-state index is 12.4. The Kier molecular flexibility index (Phi) is 4.94. The number of hydrogen-bond donors (Lipinski definition) is 0. The van der Waals surface area contributed by atoms with Crippen LogP contribution >= 0.6 is 0 Å². The normalized spacial score (nSPS) is 31.6. The van der Waals surface area contributed by atoms with E-state index in [-0.39, 0.29) is 11.8 Å². The molecule has 2 aliphatic heterocycles. The minimum absolute atomic E-state index is 0.199. The van der Waals surface area contributed by atoms with E-state index in [0.29, 0.717) is 18.4 Å². The highest BCUT2D eigenvalue weighted by Gasteiger charge is 2.36. The third kappa shape index (κ3) is 3.47. The van der Waals surface area contributed by atoms with Crippen LogP contribution in [0.5, 0.6) is 0 Å². The van der Waals surface area contributed by atoms with Gasteiger partial charge in [0.2, 0.25) is 5.91 Å². The van der Waals surface area contributed by atoms with Crippen molar-refractivity contribution in [3.8, 4) is 0 Å². The number of rotatable bonds is 3. The first kappa shape index (κ1) is 15.0. The van der Waals surface area contributed by atoms with Crippen LogP contribution < -0.4 is 0 Å². The van der Waals surface area contributed by atoms with Gasteiger partial charge in [0, 0.05) is 31.5 Å². The molecule has 0 bridgehead atoms. The molecule has 0 radical (unpaired) electrons. The summed E-state index contributed by atoms with van der Waals surface area (Å²) in [7, 11) is 0. The molecule has 0 spiro atoms. The van der Waals surface area contributed by atoms with Crippen molar-refractivity contribution in [3.05, 3.63) is 0 Å². The molecule has 2 heterocycles. The summed E-state index contributed by atoms with van der Waals surface area (Å²) in [4.78, 5) is 29.0. The van der Waals surface area contributed by atoms with Gasteiger partial charge in [-0.2, -0.15) is 0 Å². The molecule has 4 heteroatoms. The maximum atomic E-state index is 12.4. The number of amides is 1. The molecule has 21 heavy (non-hydrogen) atoms. The van der Waals surface area contributed by atoms with Gasteiger partial charge in [0.05, 0.1) is 6.54 Å². The molecular weight excluding hydrogens is 264 g/mol. The summed E-state index contributed by atoms with van der Waals surface area (Å²) in [5.74, 6) is 0.930. The monoisotopic (exact) mass is 292 g/mol. The van der Waals surface area contributed by atoms with Gasteiger partial charge in [-0.1, -0.05) is 12.8 Å². The quantitative estimate of drug-likeness (QED) is 0.801. The first-order valence-corrected chi connectivity index (χ1v) is 8.80. The average molecular weight is 292 g/mol. The molecule has 1 aliphatic carbocycles. The molecule has 118 valence electrons. The highest BCUT2D eigenvalue weighted by Crippen LogP contribution is 2.31. The van der Waals surface area contributed by atoms with Crippen molar-refractivity contribution in [1.82, 2.24) is 9.80 Å². The first-order valence-electron chi connectivity index (χ1n) is 8.80. The van der Waals surface area contributed by atoms with E-state index in [1.165, 1.54) is 19.3 Å². The minimum Gasteiger partial charge on any atom is -0.342 e. The van der Waals surface area contributed by atoms with E-state index in [1.54, 1.807) is 0 Å². The Morgan fingerprint density at radius 3 is 2.43 bits per heavy atom. The van der Waals surface area contributed by atoms with E-state index in [4.69, 9.17) is 0 Å². The molecule has 2 unspecified atom stereocenters. The van der Waals surface area contributed by atoms with E-state index >= 15 is 0 Å². The maximum Gasteiger partial charge on any atom is 0.236 e. The Hall–Kier alpha value is -0.900. The van der Waals surface area contributed by atoms with Crippen LogP contribution in [0.4, 0.5) is 0 Å². The number of piperidine rings is 1. The lowest BCUT2D eigenvalue weighted by atomic mass is 9.79. The molecule has 0 aromatic heterocycles. The van der Waals surface area contributed by atoms with Crippen molar-refractivity contribution >= 4 is 11.7 Å². The topological polar surface area (TPSA) is 40.6 Å². The van der Waals surface area contributed by atoms with Gasteiger partial charge < -0.3 is 4.90 Å². The van der Waals surface area contributed by atoms with Gasteiger partial charge in [-0.15, -0.1) is 0 Å². The summed E-state index contributed by atoms with van der Waals surface area (Å²) < 4.78 is 0. The number of Topliss-reactive ketones (excluding diaryl/α,β-unsaturated/α-hetero) is 1. The molecule has 2 saturated heterocycles. The highest BCUT2D eigenvalue weighted by atomic mass is 16.2.